The van der Waals surface area contributed by atoms with Gasteiger partial charge in [0.1, 0.15) is 5.82 Å². The van der Waals surface area contributed by atoms with Gasteiger partial charge in [-0.1, -0.05) is 11.6 Å². The molecule has 0 saturated carbocycles. The first-order valence-electron chi connectivity index (χ1n) is 4.44. The van der Waals surface area contributed by atoms with Gasteiger partial charge in [0.25, 0.3) is 0 Å². The van der Waals surface area contributed by atoms with Crippen LogP contribution in [0.5, 0.6) is 0 Å². The standard InChI is InChI=1S/C9H14ClN3O2/c1-15-5-7(4-14)13-9-8(11)2-6(10)3-12-9/h2-3,7,14H,4-5,11H2,1H3,(H,12,13). The predicted molar refractivity (Wildman–Crippen MR) is 60.0 cm³/mol. The van der Waals surface area contributed by atoms with Gasteiger partial charge in [-0.25, -0.2) is 4.98 Å². The van der Waals surface area contributed by atoms with Crippen molar-refractivity contribution < 1.29 is 9.84 Å². The number of nitrogens with two attached hydrogens (primary N) is 1. The van der Waals surface area contributed by atoms with E-state index in [-0.39, 0.29) is 12.6 Å². The lowest BCUT2D eigenvalue weighted by Crippen LogP contribution is -2.29. The van der Waals surface area contributed by atoms with Crippen LogP contribution in [-0.4, -0.2) is 36.5 Å². The second-order valence-electron chi connectivity index (χ2n) is 3.07. The van der Waals surface area contributed by atoms with Crippen molar-refractivity contribution in [3.8, 4) is 0 Å². The molecule has 84 valence electrons. The molecule has 4 N–H and O–H groups in total. The largest absolute Gasteiger partial charge is 0.396 e. The summed E-state index contributed by atoms with van der Waals surface area (Å²) in [5, 5.41) is 12.5. The van der Waals surface area contributed by atoms with Crippen LogP contribution in [0.2, 0.25) is 5.02 Å². The highest BCUT2D eigenvalue weighted by molar-refractivity contribution is 6.30. The number of anilines is 2. The highest BCUT2D eigenvalue weighted by atomic mass is 35.5. The van der Waals surface area contributed by atoms with Gasteiger partial charge in [-0.05, 0) is 6.07 Å². The quantitative estimate of drug-likeness (QED) is 0.697. The zero-order valence-corrected chi connectivity index (χ0v) is 9.16. The van der Waals surface area contributed by atoms with Crippen molar-refractivity contribution in [3.63, 3.8) is 0 Å². The van der Waals surface area contributed by atoms with Gasteiger partial charge in [0.2, 0.25) is 0 Å². The van der Waals surface area contributed by atoms with E-state index in [0.717, 1.165) is 0 Å². The highest BCUT2D eigenvalue weighted by Crippen LogP contribution is 2.19. The molecule has 0 aromatic carbocycles. The zero-order valence-electron chi connectivity index (χ0n) is 8.40. The third kappa shape index (κ3) is 3.54. The summed E-state index contributed by atoms with van der Waals surface area (Å²) in [5.74, 6) is 0.496. The Morgan fingerprint density at radius 2 is 2.47 bits per heavy atom. The second-order valence-corrected chi connectivity index (χ2v) is 3.51. The number of pyridine rings is 1. The van der Waals surface area contributed by atoms with Crippen molar-refractivity contribution in [3.05, 3.63) is 17.3 Å². The normalized spacial score (nSPS) is 12.5. The number of aliphatic hydroxyl groups is 1. The Labute approximate surface area is 93.2 Å². The number of nitrogens with zero attached hydrogens (tertiary/aromatic N) is 1. The van der Waals surface area contributed by atoms with E-state index >= 15 is 0 Å². The average molecular weight is 232 g/mol. The lowest BCUT2D eigenvalue weighted by atomic mass is 10.3. The average Bonchev–Trinajstić information content (AvgIpc) is 2.21. The van der Waals surface area contributed by atoms with Gasteiger partial charge in [-0.15, -0.1) is 0 Å². The van der Waals surface area contributed by atoms with Gasteiger partial charge in [0.15, 0.2) is 0 Å². The maximum Gasteiger partial charge on any atom is 0.149 e. The van der Waals surface area contributed by atoms with E-state index in [4.69, 9.17) is 27.2 Å². The first-order valence-corrected chi connectivity index (χ1v) is 4.82. The topological polar surface area (TPSA) is 80.4 Å². The molecule has 0 bridgehead atoms. The maximum atomic E-state index is 9.03. The van der Waals surface area contributed by atoms with Crippen LogP contribution in [0.25, 0.3) is 0 Å². The Morgan fingerprint density at radius 1 is 1.73 bits per heavy atom. The van der Waals surface area contributed by atoms with Crippen molar-refractivity contribution in [1.29, 1.82) is 0 Å². The third-order valence-electron chi connectivity index (χ3n) is 1.81. The van der Waals surface area contributed by atoms with Gasteiger partial charge in [0, 0.05) is 13.3 Å². The van der Waals surface area contributed by atoms with Gasteiger partial charge in [-0.2, -0.15) is 0 Å². The molecule has 0 aliphatic carbocycles. The zero-order chi connectivity index (χ0) is 11.3. The highest BCUT2D eigenvalue weighted by Gasteiger charge is 2.09. The summed E-state index contributed by atoms with van der Waals surface area (Å²) >= 11 is 5.70. The minimum absolute atomic E-state index is 0.0579. The fourth-order valence-electron chi connectivity index (χ4n) is 1.11. The molecule has 0 aliphatic rings. The molecular formula is C9H14ClN3O2. The Balaban J connectivity index is 2.70. The monoisotopic (exact) mass is 231 g/mol. The van der Waals surface area contributed by atoms with E-state index in [9.17, 15) is 0 Å². The molecule has 0 saturated heterocycles. The molecule has 0 fully saturated rings. The number of nitrogens with one attached hydrogen (secondary N) is 1. The minimum Gasteiger partial charge on any atom is -0.396 e. The molecule has 0 aliphatic heterocycles. The number of hydrogen-bond donors (Lipinski definition) is 3. The van der Waals surface area contributed by atoms with Crippen LogP contribution < -0.4 is 11.1 Å². The molecular weight excluding hydrogens is 218 g/mol. The van der Waals surface area contributed by atoms with Crippen LogP contribution in [0.4, 0.5) is 11.5 Å². The van der Waals surface area contributed by atoms with E-state index < -0.39 is 0 Å². The molecule has 1 aromatic rings. The molecule has 1 unspecified atom stereocenters. The van der Waals surface area contributed by atoms with Crippen molar-refractivity contribution in [2.45, 2.75) is 6.04 Å². The second kappa shape index (κ2) is 5.75. The van der Waals surface area contributed by atoms with Crippen LogP contribution >= 0.6 is 11.6 Å². The van der Waals surface area contributed by atoms with E-state index in [0.29, 0.717) is 23.1 Å². The van der Waals surface area contributed by atoms with E-state index in [1.807, 2.05) is 0 Å². The number of nitrogen functional groups attached to an aromatic ring is 1. The smallest absolute Gasteiger partial charge is 0.149 e. The summed E-state index contributed by atoms with van der Waals surface area (Å²) in [7, 11) is 1.56. The maximum absolute atomic E-state index is 9.03. The third-order valence-corrected chi connectivity index (χ3v) is 2.02. The summed E-state index contributed by atoms with van der Waals surface area (Å²) in [6.07, 6.45) is 1.49. The Morgan fingerprint density at radius 3 is 3.00 bits per heavy atom. The Bertz CT molecular complexity index is 322. The molecule has 0 amide bonds. The molecule has 1 rings (SSSR count). The lowest BCUT2D eigenvalue weighted by Gasteiger charge is -2.16. The molecule has 15 heavy (non-hydrogen) atoms. The molecule has 1 aromatic heterocycles. The van der Waals surface area contributed by atoms with Crippen molar-refractivity contribution in [2.75, 3.05) is 31.4 Å². The van der Waals surface area contributed by atoms with Crippen LogP contribution in [0, 0.1) is 0 Å². The first kappa shape index (κ1) is 12.0. The number of aromatic nitrogens is 1. The van der Waals surface area contributed by atoms with Gasteiger partial charge < -0.3 is 20.9 Å². The molecule has 5 nitrogen and oxygen atoms in total. The van der Waals surface area contributed by atoms with Crippen LogP contribution in [0.15, 0.2) is 12.3 Å². The minimum atomic E-state index is -0.231. The fourth-order valence-corrected chi connectivity index (χ4v) is 1.28. The van der Waals surface area contributed by atoms with Gasteiger partial charge >= 0.3 is 0 Å². The summed E-state index contributed by atoms with van der Waals surface area (Å²) < 4.78 is 4.91. The summed E-state index contributed by atoms with van der Waals surface area (Å²) in [6.45, 7) is 0.317. The number of aliphatic hydroxyl groups excluding tert-OH is 1. The molecule has 1 atom stereocenters. The van der Waals surface area contributed by atoms with Crippen molar-refractivity contribution in [2.24, 2.45) is 0 Å². The SMILES string of the molecule is COCC(CO)Nc1ncc(Cl)cc1N. The molecule has 0 radical (unpaired) electrons. The lowest BCUT2D eigenvalue weighted by molar-refractivity contribution is 0.153. The number of hydrogen-bond acceptors (Lipinski definition) is 5. The summed E-state index contributed by atoms with van der Waals surface area (Å²) in [6, 6.07) is 1.36. The Kier molecular flexibility index (Phi) is 4.61. The van der Waals surface area contributed by atoms with E-state index in [2.05, 4.69) is 10.3 Å². The summed E-state index contributed by atoms with van der Waals surface area (Å²) in [4.78, 5) is 4.01. The predicted octanol–water partition coefficient (Wildman–Crippen LogP) is 0.736. The van der Waals surface area contributed by atoms with Crippen LogP contribution in [-0.2, 0) is 4.74 Å². The van der Waals surface area contributed by atoms with E-state index in [1.54, 1.807) is 13.2 Å². The molecule has 0 spiro atoms. The Hall–Kier alpha value is -1.04. The summed E-state index contributed by atoms with van der Waals surface area (Å²) in [5.41, 5.74) is 6.13. The number of halogens is 1. The van der Waals surface area contributed by atoms with Gasteiger partial charge in [-0.3, -0.25) is 0 Å². The molecule has 6 heteroatoms. The number of methoxy groups -OCH3 is 1. The first-order chi connectivity index (χ1) is 7.17. The fraction of sp³-hybridized carbons (Fsp3) is 0.444. The van der Waals surface area contributed by atoms with Crippen LogP contribution in [0.3, 0.4) is 0 Å². The molecule has 1 heterocycles. The number of ether oxygens (including phenoxy) is 1. The van der Waals surface area contributed by atoms with Crippen molar-refractivity contribution >= 4 is 23.1 Å². The van der Waals surface area contributed by atoms with Crippen LogP contribution in [0.1, 0.15) is 0 Å². The van der Waals surface area contributed by atoms with E-state index in [1.165, 1.54) is 6.20 Å². The van der Waals surface area contributed by atoms with Gasteiger partial charge in [0.05, 0.1) is 30.0 Å². The van der Waals surface area contributed by atoms with Crippen molar-refractivity contribution in [1.82, 2.24) is 4.98 Å². The number of rotatable bonds is 5.